The Labute approximate surface area is 158 Å². The first-order valence-electron chi connectivity index (χ1n) is 8.62. The molecule has 3 rings (SSSR count). The van der Waals surface area contributed by atoms with Gasteiger partial charge in [0, 0.05) is 17.8 Å². The third-order valence-electron chi connectivity index (χ3n) is 4.31. The molecule has 0 aromatic heterocycles. The van der Waals surface area contributed by atoms with Gasteiger partial charge in [-0.25, -0.2) is 0 Å². The smallest absolute Gasteiger partial charge is 0.286 e. The van der Waals surface area contributed by atoms with E-state index in [2.05, 4.69) is 41.8 Å². The Bertz CT molecular complexity index is 844. The van der Waals surface area contributed by atoms with Crippen LogP contribution in [0.2, 0.25) is 0 Å². The zero-order valence-corrected chi connectivity index (χ0v) is 15.7. The summed E-state index contributed by atoms with van der Waals surface area (Å²) < 4.78 is 0. The number of hydrogen-bond acceptors (Lipinski definition) is 4. The summed E-state index contributed by atoms with van der Waals surface area (Å²) >= 11 is 1.07. The summed E-state index contributed by atoms with van der Waals surface area (Å²) in [4.78, 5) is 23.3. The van der Waals surface area contributed by atoms with Crippen molar-refractivity contribution in [2.24, 2.45) is 0 Å². The molecule has 2 N–H and O–H groups in total. The van der Waals surface area contributed by atoms with Crippen LogP contribution in [0.3, 0.4) is 0 Å². The Morgan fingerprint density at radius 2 is 1.92 bits per heavy atom. The van der Waals surface area contributed by atoms with Crippen LogP contribution in [0.15, 0.2) is 48.5 Å². The van der Waals surface area contributed by atoms with E-state index in [9.17, 15) is 9.59 Å². The van der Waals surface area contributed by atoms with Crippen LogP contribution in [-0.4, -0.2) is 16.4 Å². The lowest BCUT2D eigenvalue weighted by Gasteiger charge is -2.15. The molecule has 0 bridgehead atoms. The van der Waals surface area contributed by atoms with Crippen LogP contribution >= 0.6 is 11.8 Å². The molecule has 1 fully saturated rings. The molecule has 2 aromatic rings. The predicted molar refractivity (Wildman–Crippen MR) is 108 cm³/mol. The fourth-order valence-corrected chi connectivity index (χ4v) is 3.79. The molecule has 1 aliphatic rings. The SMILES string of the molecule is C/C=C\c1c(CC2SC(=O)NC2=O)cccc1NCc1ccc(C)cc1. The van der Waals surface area contributed by atoms with Gasteiger partial charge in [-0.1, -0.05) is 65.9 Å². The fourth-order valence-electron chi connectivity index (χ4n) is 2.94. The summed E-state index contributed by atoms with van der Waals surface area (Å²) in [5.74, 6) is -0.204. The summed E-state index contributed by atoms with van der Waals surface area (Å²) in [5.41, 5.74) is 5.60. The van der Waals surface area contributed by atoms with Crippen LogP contribution in [0.1, 0.15) is 29.2 Å². The lowest BCUT2D eigenvalue weighted by molar-refractivity contribution is -0.118. The normalized spacial score (nSPS) is 16.9. The van der Waals surface area contributed by atoms with Gasteiger partial charge in [0.2, 0.25) is 5.91 Å². The molecular weight excluding hydrogens is 344 g/mol. The highest BCUT2D eigenvalue weighted by Gasteiger charge is 2.32. The first-order chi connectivity index (χ1) is 12.6. The predicted octanol–water partition coefficient (Wildman–Crippen LogP) is 4.53. The second-order valence-electron chi connectivity index (χ2n) is 6.30. The van der Waals surface area contributed by atoms with Crippen molar-refractivity contribution in [3.8, 4) is 0 Å². The number of benzene rings is 2. The van der Waals surface area contributed by atoms with Crippen molar-refractivity contribution in [3.63, 3.8) is 0 Å². The van der Waals surface area contributed by atoms with Gasteiger partial charge in [-0.3, -0.25) is 14.9 Å². The zero-order valence-electron chi connectivity index (χ0n) is 14.9. The molecule has 0 radical (unpaired) electrons. The van der Waals surface area contributed by atoms with Crippen molar-refractivity contribution in [1.29, 1.82) is 0 Å². The maximum Gasteiger partial charge on any atom is 0.286 e. The summed E-state index contributed by atoms with van der Waals surface area (Å²) in [6.45, 7) is 4.78. The van der Waals surface area contributed by atoms with Crippen LogP contribution in [0.25, 0.3) is 6.08 Å². The monoisotopic (exact) mass is 366 g/mol. The lowest BCUT2D eigenvalue weighted by atomic mass is 9.99. The molecule has 2 amide bonds. The lowest BCUT2D eigenvalue weighted by Crippen LogP contribution is -2.25. The number of allylic oxidation sites excluding steroid dienone is 1. The quantitative estimate of drug-likeness (QED) is 0.788. The number of carbonyl (C=O) groups is 2. The Morgan fingerprint density at radius 3 is 2.58 bits per heavy atom. The van der Waals surface area contributed by atoms with E-state index in [-0.39, 0.29) is 16.4 Å². The van der Waals surface area contributed by atoms with Gasteiger partial charge < -0.3 is 5.32 Å². The summed E-state index contributed by atoms with van der Waals surface area (Å²) in [6.07, 6.45) is 4.57. The summed E-state index contributed by atoms with van der Waals surface area (Å²) in [7, 11) is 0. The molecule has 0 aliphatic carbocycles. The van der Waals surface area contributed by atoms with Crippen molar-refractivity contribution in [2.45, 2.75) is 32.1 Å². The molecule has 0 saturated carbocycles. The van der Waals surface area contributed by atoms with Crippen LogP contribution in [0, 0.1) is 6.92 Å². The number of anilines is 1. The molecule has 1 heterocycles. The molecule has 26 heavy (non-hydrogen) atoms. The van der Waals surface area contributed by atoms with Gasteiger partial charge in [0.1, 0.15) is 0 Å². The van der Waals surface area contributed by atoms with Crippen molar-refractivity contribution in [3.05, 3.63) is 70.8 Å². The largest absolute Gasteiger partial charge is 0.380 e. The van der Waals surface area contributed by atoms with E-state index in [0.29, 0.717) is 6.42 Å². The van der Waals surface area contributed by atoms with E-state index in [4.69, 9.17) is 0 Å². The molecule has 1 atom stereocenters. The molecule has 5 heteroatoms. The van der Waals surface area contributed by atoms with E-state index in [1.165, 1.54) is 11.1 Å². The van der Waals surface area contributed by atoms with Gasteiger partial charge in [0.15, 0.2) is 0 Å². The Kier molecular flexibility index (Phi) is 5.78. The third kappa shape index (κ3) is 4.35. The second-order valence-corrected chi connectivity index (χ2v) is 7.48. The summed E-state index contributed by atoms with van der Waals surface area (Å²) in [6, 6.07) is 14.5. The number of imide groups is 1. The highest BCUT2D eigenvalue weighted by Crippen LogP contribution is 2.28. The number of nitrogens with one attached hydrogen (secondary N) is 2. The fraction of sp³-hybridized carbons (Fsp3) is 0.238. The van der Waals surface area contributed by atoms with E-state index < -0.39 is 0 Å². The first-order valence-corrected chi connectivity index (χ1v) is 9.50. The Balaban J connectivity index is 1.80. The molecule has 1 saturated heterocycles. The van der Waals surface area contributed by atoms with E-state index in [1.807, 2.05) is 37.3 Å². The molecule has 1 aliphatic heterocycles. The highest BCUT2D eigenvalue weighted by molar-refractivity contribution is 8.15. The maximum absolute atomic E-state index is 11.9. The highest BCUT2D eigenvalue weighted by atomic mass is 32.2. The molecule has 2 aromatic carbocycles. The molecular formula is C21H22N2O2S. The van der Waals surface area contributed by atoms with Crippen molar-refractivity contribution in [2.75, 3.05) is 5.32 Å². The van der Waals surface area contributed by atoms with Crippen molar-refractivity contribution < 1.29 is 9.59 Å². The topological polar surface area (TPSA) is 58.2 Å². The Morgan fingerprint density at radius 1 is 1.15 bits per heavy atom. The van der Waals surface area contributed by atoms with Crippen LogP contribution in [-0.2, 0) is 17.8 Å². The minimum atomic E-state index is -0.362. The number of carbonyl (C=O) groups excluding carboxylic acids is 2. The molecule has 134 valence electrons. The molecule has 1 unspecified atom stereocenters. The van der Waals surface area contributed by atoms with E-state index in [1.54, 1.807) is 0 Å². The number of rotatable bonds is 6. The van der Waals surface area contributed by atoms with Crippen LogP contribution in [0.5, 0.6) is 0 Å². The molecule has 0 spiro atoms. The average Bonchev–Trinajstić information content (AvgIpc) is 2.94. The van der Waals surface area contributed by atoms with Gasteiger partial charge >= 0.3 is 0 Å². The Hall–Kier alpha value is -2.53. The first kappa shape index (κ1) is 18.3. The van der Waals surface area contributed by atoms with Gasteiger partial charge in [-0.15, -0.1) is 0 Å². The number of amides is 2. The van der Waals surface area contributed by atoms with Gasteiger partial charge in [-0.05, 0) is 37.5 Å². The van der Waals surface area contributed by atoms with Gasteiger partial charge in [-0.2, -0.15) is 0 Å². The van der Waals surface area contributed by atoms with Crippen LogP contribution < -0.4 is 10.6 Å². The zero-order chi connectivity index (χ0) is 18.5. The summed E-state index contributed by atoms with van der Waals surface area (Å²) in [5, 5.41) is 5.22. The van der Waals surface area contributed by atoms with Crippen molar-refractivity contribution >= 4 is 34.7 Å². The third-order valence-corrected chi connectivity index (χ3v) is 5.29. The molecule has 4 nitrogen and oxygen atoms in total. The minimum absolute atomic E-state index is 0.204. The van der Waals surface area contributed by atoms with Crippen molar-refractivity contribution in [1.82, 2.24) is 5.32 Å². The van der Waals surface area contributed by atoms with Gasteiger partial charge in [0.25, 0.3) is 5.24 Å². The minimum Gasteiger partial charge on any atom is -0.380 e. The maximum atomic E-state index is 11.9. The van der Waals surface area contributed by atoms with E-state index >= 15 is 0 Å². The van der Waals surface area contributed by atoms with Crippen LogP contribution in [0.4, 0.5) is 10.5 Å². The van der Waals surface area contributed by atoms with Gasteiger partial charge in [0.05, 0.1) is 5.25 Å². The average molecular weight is 366 g/mol. The number of aryl methyl sites for hydroxylation is 1. The number of hydrogen-bond donors (Lipinski definition) is 2. The van der Waals surface area contributed by atoms with E-state index in [0.717, 1.165) is 35.1 Å². The number of thioether (sulfide) groups is 1. The second kappa shape index (κ2) is 8.23. The standard InChI is InChI=1S/C21H22N2O2S/c1-3-5-17-16(12-19-20(24)23-21(25)26-19)6-4-7-18(17)22-13-15-10-8-14(2)9-11-15/h3-11,19,22H,12-13H2,1-2H3,(H,23,24,25)/b5-3-.